The van der Waals surface area contributed by atoms with E-state index in [0.29, 0.717) is 0 Å². The normalized spacial score (nSPS) is 24.4. The first-order chi connectivity index (χ1) is 9.63. The molecule has 0 spiro atoms. The minimum atomic E-state index is 0.0848. The van der Waals surface area contributed by atoms with E-state index in [-0.39, 0.29) is 5.91 Å². The molecule has 1 saturated heterocycles. The van der Waals surface area contributed by atoms with Crippen molar-refractivity contribution < 1.29 is 4.79 Å². The number of amides is 1. The van der Waals surface area contributed by atoms with Crippen LogP contribution in [-0.4, -0.2) is 49.0 Å². The SMILES string of the molecule is CC1CCc2c(C(=O)NN3CCN(C)CC3)csc2C1. The second-order valence-electron chi connectivity index (χ2n) is 6.13. The number of piperazine rings is 1. The molecule has 1 aliphatic heterocycles. The number of fused-ring (bicyclic) bond motifs is 1. The average Bonchev–Trinajstić information content (AvgIpc) is 2.84. The topological polar surface area (TPSA) is 35.6 Å². The Kier molecular flexibility index (Phi) is 4.10. The molecule has 5 heteroatoms. The van der Waals surface area contributed by atoms with Crippen LogP contribution >= 0.6 is 11.3 Å². The lowest BCUT2D eigenvalue weighted by Crippen LogP contribution is -2.52. The van der Waals surface area contributed by atoms with E-state index in [1.54, 1.807) is 11.3 Å². The molecular formula is C15H23N3OS. The van der Waals surface area contributed by atoms with Gasteiger partial charge in [0.1, 0.15) is 0 Å². The summed E-state index contributed by atoms with van der Waals surface area (Å²) in [6.07, 6.45) is 3.41. The zero-order valence-electron chi connectivity index (χ0n) is 12.3. The lowest BCUT2D eigenvalue weighted by Gasteiger charge is -2.32. The van der Waals surface area contributed by atoms with Crippen LogP contribution in [0.25, 0.3) is 0 Å². The standard InChI is InChI=1S/C15H23N3OS/c1-11-3-4-12-13(10-20-14(12)9-11)15(19)16-18-7-5-17(2)6-8-18/h10-11H,3-9H2,1-2H3,(H,16,19). The van der Waals surface area contributed by atoms with Gasteiger partial charge in [0.05, 0.1) is 5.56 Å². The molecule has 4 nitrogen and oxygen atoms in total. The van der Waals surface area contributed by atoms with E-state index < -0.39 is 0 Å². The van der Waals surface area contributed by atoms with Gasteiger partial charge in [0.25, 0.3) is 5.91 Å². The maximum atomic E-state index is 12.4. The van der Waals surface area contributed by atoms with E-state index in [4.69, 9.17) is 0 Å². The fourth-order valence-electron chi connectivity index (χ4n) is 2.99. The number of thiophene rings is 1. The molecule has 1 atom stereocenters. The highest BCUT2D eigenvalue weighted by Crippen LogP contribution is 2.32. The first-order valence-electron chi connectivity index (χ1n) is 7.47. The molecule has 0 saturated carbocycles. The summed E-state index contributed by atoms with van der Waals surface area (Å²) < 4.78 is 0. The van der Waals surface area contributed by atoms with Crippen molar-refractivity contribution in [2.24, 2.45) is 5.92 Å². The Morgan fingerprint density at radius 1 is 1.35 bits per heavy atom. The molecule has 1 unspecified atom stereocenters. The first kappa shape index (κ1) is 14.0. The van der Waals surface area contributed by atoms with Crippen LogP contribution in [0.1, 0.15) is 34.1 Å². The molecule has 0 radical (unpaired) electrons. The van der Waals surface area contributed by atoms with Crippen LogP contribution in [0.2, 0.25) is 0 Å². The molecule has 1 fully saturated rings. The second-order valence-corrected chi connectivity index (χ2v) is 7.09. The minimum Gasteiger partial charge on any atom is -0.304 e. The molecule has 110 valence electrons. The summed E-state index contributed by atoms with van der Waals surface area (Å²) in [6, 6.07) is 0. The Morgan fingerprint density at radius 2 is 2.10 bits per heavy atom. The minimum absolute atomic E-state index is 0.0848. The van der Waals surface area contributed by atoms with Gasteiger partial charge in [-0.2, -0.15) is 0 Å². The Bertz CT molecular complexity index is 491. The molecule has 2 aliphatic rings. The van der Waals surface area contributed by atoms with E-state index in [1.165, 1.54) is 16.9 Å². The van der Waals surface area contributed by atoms with Gasteiger partial charge in [-0.15, -0.1) is 11.3 Å². The van der Waals surface area contributed by atoms with Crippen molar-refractivity contribution in [1.82, 2.24) is 15.3 Å². The van der Waals surface area contributed by atoms with Crippen molar-refractivity contribution in [3.63, 3.8) is 0 Å². The van der Waals surface area contributed by atoms with Crippen LogP contribution in [0.3, 0.4) is 0 Å². The number of carbonyl (C=O) groups is 1. The quantitative estimate of drug-likeness (QED) is 0.902. The van der Waals surface area contributed by atoms with Gasteiger partial charge >= 0.3 is 0 Å². The summed E-state index contributed by atoms with van der Waals surface area (Å²) in [6.45, 7) is 6.14. The van der Waals surface area contributed by atoms with Crippen LogP contribution in [0.4, 0.5) is 0 Å². The van der Waals surface area contributed by atoms with Gasteiger partial charge in [0.15, 0.2) is 0 Å². The largest absolute Gasteiger partial charge is 0.304 e. The number of likely N-dealkylation sites (N-methyl/N-ethyl adjacent to an activating group) is 1. The highest BCUT2D eigenvalue weighted by molar-refractivity contribution is 7.10. The Morgan fingerprint density at radius 3 is 2.85 bits per heavy atom. The van der Waals surface area contributed by atoms with Crippen LogP contribution in [0, 0.1) is 5.92 Å². The van der Waals surface area contributed by atoms with Crippen molar-refractivity contribution in [2.45, 2.75) is 26.2 Å². The summed E-state index contributed by atoms with van der Waals surface area (Å²) in [5.41, 5.74) is 5.30. The number of rotatable bonds is 2. The van der Waals surface area contributed by atoms with Crippen molar-refractivity contribution in [3.05, 3.63) is 21.4 Å². The van der Waals surface area contributed by atoms with E-state index >= 15 is 0 Å². The van der Waals surface area contributed by atoms with Crippen molar-refractivity contribution in [2.75, 3.05) is 33.2 Å². The number of nitrogens with one attached hydrogen (secondary N) is 1. The Balaban J connectivity index is 1.66. The maximum Gasteiger partial charge on any atom is 0.266 e. The highest BCUT2D eigenvalue weighted by Gasteiger charge is 2.24. The molecule has 1 aliphatic carbocycles. The van der Waals surface area contributed by atoms with Gasteiger partial charge in [-0.3, -0.25) is 10.2 Å². The molecule has 20 heavy (non-hydrogen) atoms. The van der Waals surface area contributed by atoms with Gasteiger partial charge < -0.3 is 4.90 Å². The first-order valence-corrected chi connectivity index (χ1v) is 8.35. The maximum absolute atomic E-state index is 12.4. The predicted octanol–water partition coefficient (Wildman–Crippen LogP) is 1.77. The summed E-state index contributed by atoms with van der Waals surface area (Å²) >= 11 is 1.76. The molecule has 1 aromatic heterocycles. The molecule has 0 bridgehead atoms. The van der Waals surface area contributed by atoms with E-state index in [1.807, 2.05) is 5.38 Å². The van der Waals surface area contributed by atoms with E-state index in [0.717, 1.165) is 50.5 Å². The lowest BCUT2D eigenvalue weighted by molar-refractivity contribution is 0.0662. The van der Waals surface area contributed by atoms with Crippen molar-refractivity contribution in [1.29, 1.82) is 0 Å². The van der Waals surface area contributed by atoms with Gasteiger partial charge in [-0.25, -0.2) is 5.01 Å². The second kappa shape index (κ2) is 5.84. The van der Waals surface area contributed by atoms with Gasteiger partial charge in [-0.05, 0) is 37.8 Å². The van der Waals surface area contributed by atoms with E-state index in [2.05, 4.69) is 29.3 Å². The van der Waals surface area contributed by atoms with Crippen LogP contribution in [-0.2, 0) is 12.8 Å². The third-order valence-corrected chi connectivity index (χ3v) is 5.46. The van der Waals surface area contributed by atoms with Crippen molar-refractivity contribution in [3.8, 4) is 0 Å². The van der Waals surface area contributed by atoms with Gasteiger partial charge in [-0.1, -0.05) is 6.92 Å². The summed E-state index contributed by atoms with van der Waals surface area (Å²) in [5, 5.41) is 4.10. The third-order valence-electron chi connectivity index (χ3n) is 4.41. The number of hydrazine groups is 1. The summed E-state index contributed by atoms with van der Waals surface area (Å²) in [7, 11) is 2.12. The zero-order chi connectivity index (χ0) is 14.1. The fourth-order valence-corrected chi connectivity index (χ4v) is 4.23. The summed E-state index contributed by atoms with van der Waals surface area (Å²) in [5.74, 6) is 0.844. The Hall–Kier alpha value is -0.910. The highest BCUT2D eigenvalue weighted by atomic mass is 32.1. The van der Waals surface area contributed by atoms with Gasteiger partial charge in [0, 0.05) is 36.4 Å². The fraction of sp³-hybridized carbons (Fsp3) is 0.667. The lowest BCUT2D eigenvalue weighted by atomic mass is 9.88. The number of hydrogen-bond acceptors (Lipinski definition) is 4. The molecule has 0 aromatic carbocycles. The van der Waals surface area contributed by atoms with E-state index in [9.17, 15) is 4.79 Å². The van der Waals surface area contributed by atoms with Crippen LogP contribution in [0.15, 0.2) is 5.38 Å². The molecule has 1 aromatic rings. The van der Waals surface area contributed by atoms with Crippen molar-refractivity contribution >= 4 is 17.2 Å². The number of nitrogens with zero attached hydrogens (tertiary/aromatic N) is 2. The molecular weight excluding hydrogens is 270 g/mol. The number of carbonyl (C=O) groups excluding carboxylic acids is 1. The molecule has 2 heterocycles. The van der Waals surface area contributed by atoms with Crippen LogP contribution < -0.4 is 5.43 Å². The van der Waals surface area contributed by atoms with Crippen LogP contribution in [0.5, 0.6) is 0 Å². The molecule has 3 rings (SSSR count). The molecule has 1 amide bonds. The third kappa shape index (κ3) is 2.90. The zero-order valence-corrected chi connectivity index (χ0v) is 13.1. The monoisotopic (exact) mass is 293 g/mol. The average molecular weight is 293 g/mol. The number of hydrogen-bond donors (Lipinski definition) is 1. The van der Waals surface area contributed by atoms with Gasteiger partial charge in [0.2, 0.25) is 0 Å². The molecule has 1 N–H and O–H groups in total. The predicted molar refractivity (Wildman–Crippen MR) is 82.0 cm³/mol. The Labute approximate surface area is 124 Å². The smallest absolute Gasteiger partial charge is 0.266 e. The summed E-state index contributed by atoms with van der Waals surface area (Å²) in [4.78, 5) is 16.2.